The Balaban J connectivity index is 3.24. The Kier molecular flexibility index (Phi) is 3.97. The van der Waals surface area contributed by atoms with Crippen molar-refractivity contribution < 1.29 is 14.1 Å². The summed E-state index contributed by atoms with van der Waals surface area (Å²) in [5.74, 6) is -1.74. The summed E-state index contributed by atoms with van der Waals surface area (Å²) in [5, 5.41) is 13.3. The van der Waals surface area contributed by atoms with Crippen molar-refractivity contribution in [2.75, 3.05) is 11.9 Å². The molecule has 92 valence electrons. The van der Waals surface area contributed by atoms with E-state index in [1.165, 1.54) is 0 Å². The van der Waals surface area contributed by atoms with Crippen molar-refractivity contribution in [1.29, 1.82) is 0 Å². The summed E-state index contributed by atoms with van der Waals surface area (Å²) in [5.41, 5.74) is 4.10. The number of nitrogens with one attached hydrogen (secondary N) is 1. The van der Waals surface area contributed by atoms with E-state index in [9.17, 15) is 19.3 Å². The molecule has 6 nitrogen and oxygen atoms in total. The average Bonchev–Trinajstić information content (AvgIpc) is 2.26. The SMILES string of the molecule is CCCNc1cc(C(N)=O)c([N+](=O)[O-])cc1F. The second-order valence-electron chi connectivity index (χ2n) is 3.40. The van der Waals surface area contributed by atoms with Crippen LogP contribution in [0.1, 0.15) is 23.7 Å². The number of nitro groups is 1. The molecule has 0 heterocycles. The molecular formula is C10H12FN3O3. The van der Waals surface area contributed by atoms with Gasteiger partial charge in [0.1, 0.15) is 5.56 Å². The molecule has 0 atom stereocenters. The molecule has 0 aliphatic rings. The molecule has 0 bridgehead atoms. The Morgan fingerprint density at radius 2 is 2.24 bits per heavy atom. The van der Waals surface area contributed by atoms with E-state index in [-0.39, 0.29) is 11.3 Å². The van der Waals surface area contributed by atoms with E-state index in [0.717, 1.165) is 12.5 Å². The van der Waals surface area contributed by atoms with Crippen molar-refractivity contribution in [3.05, 3.63) is 33.6 Å². The molecule has 0 aliphatic carbocycles. The Hall–Kier alpha value is -2.18. The quantitative estimate of drug-likeness (QED) is 0.604. The molecule has 17 heavy (non-hydrogen) atoms. The minimum absolute atomic E-state index is 0.0336. The van der Waals surface area contributed by atoms with Gasteiger partial charge in [0.05, 0.1) is 16.7 Å². The first-order valence-electron chi connectivity index (χ1n) is 4.99. The molecule has 0 saturated heterocycles. The zero-order chi connectivity index (χ0) is 13.0. The van der Waals surface area contributed by atoms with Crippen LogP contribution in [0.3, 0.4) is 0 Å². The highest BCUT2D eigenvalue weighted by atomic mass is 19.1. The fourth-order valence-corrected chi connectivity index (χ4v) is 1.31. The predicted octanol–water partition coefficient (Wildman–Crippen LogP) is 1.65. The summed E-state index contributed by atoms with van der Waals surface area (Å²) in [6.07, 6.45) is 0.752. The van der Waals surface area contributed by atoms with Crippen LogP contribution in [0.5, 0.6) is 0 Å². The number of rotatable bonds is 5. The molecular weight excluding hydrogens is 229 g/mol. The van der Waals surface area contributed by atoms with E-state index in [1.54, 1.807) is 0 Å². The van der Waals surface area contributed by atoms with Crippen LogP contribution in [0.15, 0.2) is 12.1 Å². The van der Waals surface area contributed by atoms with Gasteiger partial charge in [-0.1, -0.05) is 6.92 Å². The van der Waals surface area contributed by atoms with E-state index >= 15 is 0 Å². The van der Waals surface area contributed by atoms with Crippen molar-refractivity contribution in [2.24, 2.45) is 5.73 Å². The number of hydrogen-bond acceptors (Lipinski definition) is 4. The zero-order valence-electron chi connectivity index (χ0n) is 9.20. The maximum Gasteiger partial charge on any atom is 0.285 e. The number of halogens is 1. The van der Waals surface area contributed by atoms with Gasteiger partial charge in [-0.3, -0.25) is 14.9 Å². The lowest BCUT2D eigenvalue weighted by atomic mass is 10.1. The largest absolute Gasteiger partial charge is 0.383 e. The lowest BCUT2D eigenvalue weighted by Gasteiger charge is -2.07. The first-order chi connectivity index (χ1) is 7.97. The van der Waals surface area contributed by atoms with Gasteiger partial charge in [-0.25, -0.2) is 4.39 Å². The van der Waals surface area contributed by atoms with Crippen molar-refractivity contribution in [3.63, 3.8) is 0 Å². The second-order valence-corrected chi connectivity index (χ2v) is 3.40. The van der Waals surface area contributed by atoms with Gasteiger partial charge < -0.3 is 11.1 Å². The Morgan fingerprint density at radius 1 is 1.59 bits per heavy atom. The molecule has 0 aromatic heterocycles. The molecule has 1 aromatic carbocycles. The van der Waals surface area contributed by atoms with Crippen molar-refractivity contribution in [2.45, 2.75) is 13.3 Å². The molecule has 1 aromatic rings. The van der Waals surface area contributed by atoms with Gasteiger partial charge in [0.2, 0.25) is 0 Å². The normalized spacial score (nSPS) is 10.0. The molecule has 0 saturated carbocycles. The van der Waals surface area contributed by atoms with Gasteiger partial charge in [0.15, 0.2) is 5.82 Å². The zero-order valence-corrected chi connectivity index (χ0v) is 9.20. The number of nitro benzene ring substituents is 1. The third kappa shape index (κ3) is 2.90. The number of carbonyl (C=O) groups is 1. The lowest BCUT2D eigenvalue weighted by molar-refractivity contribution is -0.385. The first kappa shape index (κ1) is 12.9. The van der Waals surface area contributed by atoms with Crippen LogP contribution in [0.25, 0.3) is 0 Å². The molecule has 3 N–H and O–H groups in total. The van der Waals surface area contributed by atoms with Crippen LogP contribution in [0, 0.1) is 15.9 Å². The van der Waals surface area contributed by atoms with E-state index < -0.39 is 22.3 Å². The van der Waals surface area contributed by atoms with Crippen LogP contribution in [0.2, 0.25) is 0 Å². The summed E-state index contributed by atoms with van der Waals surface area (Å²) >= 11 is 0. The number of amides is 1. The highest BCUT2D eigenvalue weighted by molar-refractivity contribution is 5.98. The third-order valence-corrected chi connectivity index (χ3v) is 2.11. The first-order valence-corrected chi connectivity index (χ1v) is 4.99. The second kappa shape index (κ2) is 5.24. The molecule has 0 radical (unpaired) electrons. The summed E-state index contributed by atoms with van der Waals surface area (Å²) in [4.78, 5) is 20.8. The topological polar surface area (TPSA) is 98.3 Å². The van der Waals surface area contributed by atoms with Gasteiger partial charge in [0.25, 0.3) is 11.6 Å². The highest BCUT2D eigenvalue weighted by Gasteiger charge is 2.21. The third-order valence-electron chi connectivity index (χ3n) is 2.11. The lowest BCUT2D eigenvalue weighted by Crippen LogP contribution is -2.15. The van der Waals surface area contributed by atoms with Gasteiger partial charge in [-0.2, -0.15) is 0 Å². The molecule has 1 rings (SSSR count). The number of anilines is 1. The smallest absolute Gasteiger partial charge is 0.285 e. The molecule has 0 spiro atoms. The van der Waals surface area contributed by atoms with Crippen LogP contribution in [-0.2, 0) is 0 Å². The number of nitrogens with zero attached hydrogens (tertiary/aromatic N) is 1. The van der Waals surface area contributed by atoms with Crippen LogP contribution < -0.4 is 11.1 Å². The van der Waals surface area contributed by atoms with E-state index in [0.29, 0.717) is 12.6 Å². The summed E-state index contributed by atoms with van der Waals surface area (Å²) < 4.78 is 13.5. The minimum Gasteiger partial charge on any atom is -0.383 e. The van der Waals surface area contributed by atoms with Gasteiger partial charge in [0, 0.05) is 6.54 Å². The standard InChI is InChI=1S/C10H12FN3O3/c1-2-3-13-8-4-6(10(12)15)9(14(16)17)5-7(8)11/h4-5,13H,2-3H2,1H3,(H2,12,15). The molecule has 0 fully saturated rings. The summed E-state index contributed by atoms with van der Waals surface area (Å²) in [6, 6.07) is 1.75. The number of nitrogens with two attached hydrogens (primary N) is 1. The van der Waals surface area contributed by atoms with Crippen LogP contribution in [0.4, 0.5) is 15.8 Å². The van der Waals surface area contributed by atoms with E-state index in [1.807, 2.05) is 6.92 Å². The van der Waals surface area contributed by atoms with E-state index in [2.05, 4.69) is 5.32 Å². The van der Waals surface area contributed by atoms with Crippen molar-refractivity contribution >= 4 is 17.3 Å². The summed E-state index contributed by atoms with van der Waals surface area (Å²) in [7, 11) is 0. The summed E-state index contributed by atoms with van der Waals surface area (Å²) in [6.45, 7) is 2.37. The Labute approximate surface area is 96.8 Å². The predicted molar refractivity (Wildman–Crippen MR) is 60.4 cm³/mol. The maximum absolute atomic E-state index is 13.5. The van der Waals surface area contributed by atoms with Gasteiger partial charge >= 0.3 is 0 Å². The number of carbonyl (C=O) groups excluding carboxylic acids is 1. The van der Waals surface area contributed by atoms with Crippen molar-refractivity contribution in [1.82, 2.24) is 0 Å². The molecule has 0 unspecified atom stereocenters. The van der Waals surface area contributed by atoms with Crippen molar-refractivity contribution in [3.8, 4) is 0 Å². The van der Waals surface area contributed by atoms with Crippen LogP contribution in [-0.4, -0.2) is 17.4 Å². The average molecular weight is 241 g/mol. The van der Waals surface area contributed by atoms with Gasteiger partial charge in [-0.05, 0) is 12.5 Å². The molecule has 1 amide bonds. The number of benzene rings is 1. The number of hydrogen-bond donors (Lipinski definition) is 2. The highest BCUT2D eigenvalue weighted by Crippen LogP contribution is 2.25. The Morgan fingerprint density at radius 3 is 2.71 bits per heavy atom. The maximum atomic E-state index is 13.5. The molecule has 0 aliphatic heterocycles. The molecule has 7 heteroatoms. The van der Waals surface area contributed by atoms with E-state index in [4.69, 9.17) is 5.73 Å². The van der Waals surface area contributed by atoms with Crippen LogP contribution >= 0.6 is 0 Å². The monoisotopic (exact) mass is 241 g/mol. The fourth-order valence-electron chi connectivity index (χ4n) is 1.31. The Bertz CT molecular complexity index is 462. The minimum atomic E-state index is -0.962. The number of primary amides is 1. The fraction of sp³-hybridized carbons (Fsp3) is 0.300. The van der Waals surface area contributed by atoms with Gasteiger partial charge in [-0.15, -0.1) is 0 Å².